The average molecular weight is 415 g/mol. The van der Waals surface area contributed by atoms with Crippen LogP contribution in [0.4, 0.5) is 0 Å². The lowest BCUT2D eigenvalue weighted by Crippen LogP contribution is -2.47. The second-order valence-corrected chi connectivity index (χ2v) is 7.53. The molecule has 0 saturated carbocycles. The molecule has 0 aliphatic heterocycles. The van der Waals surface area contributed by atoms with Crippen LogP contribution in [0.1, 0.15) is 63.2 Å². The number of carbonyl (C=O) groups excluding carboxylic acids is 3. The van der Waals surface area contributed by atoms with Gasteiger partial charge in [-0.15, -0.1) is 0 Å². The number of Topliss-reactive ketones (excluding diaryl/α,β-unsaturated/α-hetero) is 1. The van der Waals surface area contributed by atoms with Gasteiger partial charge in [-0.3, -0.25) is 9.59 Å². The van der Waals surface area contributed by atoms with Gasteiger partial charge in [0.05, 0.1) is 25.8 Å². The van der Waals surface area contributed by atoms with Crippen LogP contribution in [-0.4, -0.2) is 53.4 Å². The number of ether oxygens (including phenoxy) is 2. The van der Waals surface area contributed by atoms with Crippen LogP contribution in [0.15, 0.2) is 24.3 Å². The molecule has 1 amide bonds. The normalized spacial score (nSPS) is 11.9. The summed E-state index contributed by atoms with van der Waals surface area (Å²) in [5.74, 6) is -0.570. The molecular weight excluding hydrogens is 384 g/mol. The van der Waals surface area contributed by atoms with Crippen molar-refractivity contribution in [3.8, 4) is 5.75 Å². The van der Waals surface area contributed by atoms with Crippen molar-refractivity contribution in [2.45, 2.75) is 46.7 Å². The predicted molar refractivity (Wildman–Crippen MR) is 114 cm³/mol. The fraction of sp³-hybridized carbons (Fsp3) is 0.435. The molecule has 0 bridgehead atoms. The Balaban J connectivity index is 2.51. The Morgan fingerprint density at radius 2 is 1.63 bits per heavy atom. The van der Waals surface area contributed by atoms with Crippen LogP contribution in [0.3, 0.4) is 0 Å². The molecule has 0 spiro atoms. The number of hydrogen-bond donors (Lipinski definition) is 0. The van der Waals surface area contributed by atoms with Crippen molar-refractivity contribution < 1.29 is 23.9 Å². The molecule has 0 radical (unpaired) electrons. The molecule has 2 aromatic rings. The summed E-state index contributed by atoms with van der Waals surface area (Å²) in [7, 11) is 4.53. The molecule has 0 saturated heterocycles. The van der Waals surface area contributed by atoms with E-state index in [-0.39, 0.29) is 17.7 Å². The number of carbonyl (C=O) groups is 3. The summed E-state index contributed by atoms with van der Waals surface area (Å²) in [5, 5.41) is 0. The van der Waals surface area contributed by atoms with Crippen molar-refractivity contribution in [2.75, 3.05) is 14.2 Å². The van der Waals surface area contributed by atoms with Gasteiger partial charge in [0.25, 0.3) is 5.91 Å². The molecule has 7 heteroatoms. The van der Waals surface area contributed by atoms with E-state index >= 15 is 0 Å². The SMILES string of the molecule is COC(=O)c1c(C)c(C(=O)C(C)N(C(=O)c2ccccc2OC)C(C)C)c(C)n1C. The van der Waals surface area contributed by atoms with E-state index in [0.29, 0.717) is 33.8 Å². The molecule has 2 rings (SSSR count). The monoisotopic (exact) mass is 414 g/mol. The highest BCUT2D eigenvalue weighted by Crippen LogP contribution is 2.27. The Morgan fingerprint density at radius 3 is 2.17 bits per heavy atom. The maximum absolute atomic E-state index is 13.5. The molecule has 0 N–H and O–H groups in total. The molecule has 162 valence electrons. The maximum atomic E-state index is 13.5. The van der Waals surface area contributed by atoms with Crippen molar-refractivity contribution in [3.63, 3.8) is 0 Å². The molecule has 0 fully saturated rings. The molecule has 1 aromatic carbocycles. The Labute approximate surface area is 177 Å². The number of ketones is 1. The van der Waals surface area contributed by atoms with Gasteiger partial charge in [-0.05, 0) is 52.3 Å². The standard InChI is InChI=1S/C23H30N2O5/c1-13(2)25(22(27)17-11-9-10-12-18(17)29-7)16(5)21(26)19-14(3)20(23(28)30-8)24(6)15(19)4/h9-13,16H,1-8H3. The van der Waals surface area contributed by atoms with E-state index in [1.807, 2.05) is 13.8 Å². The minimum absolute atomic E-state index is 0.229. The van der Waals surface area contributed by atoms with Crippen LogP contribution < -0.4 is 4.74 Å². The molecule has 1 aromatic heterocycles. The van der Waals surface area contributed by atoms with Gasteiger partial charge in [0.2, 0.25) is 0 Å². The van der Waals surface area contributed by atoms with Crippen molar-refractivity contribution in [1.29, 1.82) is 0 Å². The highest BCUT2D eigenvalue weighted by molar-refractivity contribution is 6.08. The van der Waals surface area contributed by atoms with E-state index in [1.54, 1.807) is 61.6 Å². The van der Waals surface area contributed by atoms with Gasteiger partial charge in [-0.2, -0.15) is 0 Å². The van der Waals surface area contributed by atoms with Gasteiger partial charge in [0.15, 0.2) is 5.78 Å². The van der Waals surface area contributed by atoms with Crippen LogP contribution in [-0.2, 0) is 11.8 Å². The van der Waals surface area contributed by atoms with Crippen LogP contribution in [0.25, 0.3) is 0 Å². The third-order valence-electron chi connectivity index (χ3n) is 5.48. The molecule has 1 heterocycles. The summed E-state index contributed by atoms with van der Waals surface area (Å²) in [6.45, 7) is 8.94. The number of para-hydroxylation sites is 1. The summed E-state index contributed by atoms with van der Waals surface area (Å²) in [6.07, 6.45) is 0. The fourth-order valence-corrected chi connectivity index (χ4v) is 3.88. The molecule has 1 atom stereocenters. The van der Waals surface area contributed by atoms with Gasteiger partial charge in [-0.1, -0.05) is 12.1 Å². The summed E-state index contributed by atoms with van der Waals surface area (Å²) in [4.78, 5) is 40.6. The number of amides is 1. The number of benzene rings is 1. The minimum atomic E-state index is -0.743. The summed E-state index contributed by atoms with van der Waals surface area (Å²) >= 11 is 0. The second-order valence-electron chi connectivity index (χ2n) is 7.53. The zero-order valence-electron chi connectivity index (χ0n) is 18.9. The van der Waals surface area contributed by atoms with Crippen LogP contribution in [0.5, 0.6) is 5.75 Å². The highest BCUT2D eigenvalue weighted by atomic mass is 16.5. The molecule has 7 nitrogen and oxygen atoms in total. The van der Waals surface area contributed by atoms with E-state index in [2.05, 4.69) is 0 Å². The third kappa shape index (κ3) is 3.97. The number of esters is 1. The third-order valence-corrected chi connectivity index (χ3v) is 5.48. The minimum Gasteiger partial charge on any atom is -0.496 e. The van der Waals surface area contributed by atoms with E-state index < -0.39 is 12.0 Å². The quantitative estimate of drug-likeness (QED) is 0.511. The molecular formula is C23H30N2O5. The number of nitrogens with zero attached hydrogens (tertiary/aromatic N) is 2. The smallest absolute Gasteiger partial charge is 0.354 e. The lowest BCUT2D eigenvalue weighted by Gasteiger charge is -2.32. The second kappa shape index (κ2) is 9.15. The van der Waals surface area contributed by atoms with Gasteiger partial charge in [0, 0.05) is 24.3 Å². The highest BCUT2D eigenvalue weighted by Gasteiger charge is 2.34. The lowest BCUT2D eigenvalue weighted by atomic mass is 9.98. The fourth-order valence-electron chi connectivity index (χ4n) is 3.88. The van der Waals surface area contributed by atoms with Crippen molar-refractivity contribution >= 4 is 17.7 Å². The molecule has 30 heavy (non-hydrogen) atoms. The van der Waals surface area contributed by atoms with Gasteiger partial charge in [0.1, 0.15) is 11.4 Å². The van der Waals surface area contributed by atoms with Crippen LogP contribution in [0.2, 0.25) is 0 Å². The van der Waals surface area contributed by atoms with Crippen LogP contribution in [0, 0.1) is 13.8 Å². The number of methoxy groups -OCH3 is 2. The largest absolute Gasteiger partial charge is 0.496 e. The Hall–Kier alpha value is -3.09. The summed E-state index contributed by atoms with van der Waals surface area (Å²) in [6, 6.07) is 5.97. The zero-order valence-corrected chi connectivity index (χ0v) is 18.9. The molecule has 1 unspecified atom stereocenters. The first-order valence-electron chi connectivity index (χ1n) is 9.82. The Kier molecular flexibility index (Phi) is 7.08. The number of rotatable bonds is 7. The number of aromatic nitrogens is 1. The van der Waals surface area contributed by atoms with Crippen LogP contribution >= 0.6 is 0 Å². The van der Waals surface area contributed by atoms with Crippen molar-refractivity contribution in [2.24, 2.45) is 7.05 Å². The van der Waals surface area contributed by atoms with E-state index in [9.17, 15) is 14.4 Å². The average Bonchev–Trinajstić information content (AvgIpc) is 2.94. The predicted octanol–water partition coefficient (Wildman–Crippen LogP) is 3.56. The summed E-state index contributed by atoms with van der Waals surface area (Å²) < 4.78 is 11.8. The topological polar surface area (TPSA) is 77.8 Å². The Bertz CT molecular complexity index is 974. The van der Waals surface area contributed by atoms with E-state index in [4.69, 9.17) is 9.47 Å². The first-order chi connectivity index (χ1) is 14.1. The zero-order chi connectivity index (χ0) is 22.7. The van der Waals surface area contributed by atoms with Gasteiger partial charge >= 0.3 is 5.97 Å². The molecule has 0 aliphatic carbocycles. The van der Waals surface area contributed by atoms with Gasteiger partial charge < -0.3 is 18.9 Å². The van der Waals surface area contributed by atoms with E-state index in [0.717, 1.165) is 0 Å². The number of hydrogen-bond acceptors (Lipinski definition) is 5. The first kappa shape index (κ1) is 23.2. The van der Waals surface area contributed by atoms with Gasteiger partial charge in [-0.25, -0.2) is 4.79 Å². The first-order valence-corrected chi connectivity index (χ1v) is 9.82. The maximum Gasteiger partial charge on any atom is 0.354 e. The van der Waals surface area contributed by atoms with Crippen molar-refractivity contribution in [3.05, 3.63) is 52.3 Å². The molecule has 0 aliphatic rings. The van der Waals surface area contributed by atoms with Crippen molar-refractivity contribution in [1.82, 2.24) is 9.47 Å². The Morgan fingerprint density at radius 1 is 1.03 bits per heavy atom. The summed E-state index contributed by atoms with van der Waals surface area (Å²) in [5.41, 5.74) is 2.36. The lowest BCUT2D eigenvalue weighted by molar-refractivity contribution is 0.0562. The van der Waals surface area contributed by atoms with E-state index in [1.165, 1.54) is 14.2 Å².